The summed E-state index contributed by atoms with van der Waals surface area (Å²) in [6.45, 7) is 0. The lowest BCUT2D eigenvalue weighted by molar-refractivity contribution is 0.498. The van der Waals surface area contributed by atoms with E-state index in [0.717, 1.165) is 6.07 Å². The van der Waals surface area contributed by atoms with E-state index in [1.165, 1.54) is 0 Å². The van der Waals surface area contributed by atoms with Crippen LogP contribution in [-0.4, -0.2) is 5.11 Å². The number of anilines is 1. The third-order valence-corrected chi connectivity index (χ3v) is 1.35. The standard InChI is InChI=1S/C7H5F3N2S/c8-3-1-4(9)6(10)5(2-3)12-7(11)13/h1-2H,(H3,11,12,13). The highest BCUT2D eigenvalue weighted by atomic mass is 32.1. The maximum absolute atomic E-state index is 12.8. The molecule has 0 heterocycles. The summed E-state index contributed by atoms with van der Waals surface area (Å²) in [5.74, 6) is -3.41. The second-order valence-electron chi connectivity index (χ2n) is 2.24. The Labute approximate surface area is 77.5 Å². The van der Waals surface area contributed by atoms with Crippen LogP contribution >= 0.6 is 12.2 Å². The van der Waals surface area contributed by atoms with E-state index in [9.17, 15) is 13.2 Å². The molecule has 1 aromatic carbocycles. The van der Waals surface area contributed by atoms with Gasteiger partial charge in [-0.15, -0.1) is 0 Å². The van der Waals surface area contributed by atoms with Crippen LogP contribution in [0.15, 0.2) is 12.1 Å². The average Bonchev–Trinajstić information content (AvgIpc) is 1.98. The van der Waals surface area contributed by atoms with Gasteiger partial charge < -0.3 is 11.1 Å². The van der Waals surface area contributed by atoms with Crippen molar-refractivity contribution in [2.45, 2.75) is 0 Å². The first kappa shape index (κ1) is 9.79. The van der Waals surface area contributed by atoms with Crippen LogP contribution in [0.1, 0.15) is 0 Å². The van der Waals surface area contributed by atoms with Crippen LogP contribution in [0.4, 0.5) is 18.9 Å². The second kappa shape index (κ2) is 3.61. The first-order valence-electron chi connectivity index (χ1n) is 3.21. The second-order valence-corrected chi connectivity index (χ2v) is 2.68. The highest BCUT2D eigenvalue weighted by molar-refractivity contribution is 7.80. The Balaban J connectivity index is 3.12. The minimum atomic E-state index is -1.29. The van der Waals surface area contributed by atoms with Gasteiger partial charge in [0.05, 0.1) is 5.69 Å². The molecule has 0 atom stereocenters. The van der Waals surface area contributed by atoms with Gasteiger partial charge in [0.25, 0.3) is 0 Å². The largest absolute Gasteiger partial charge is 0.376 e. The molecule has 1 rings (SSSR count). The van der Waals surface area contributed by atoms with Gasteiger partial charge in [0, 0.05) is 12.1 Å². The zero-order valence-electron chi connectivity index (χ0n) is 6.27. The minimum Gasteiger partial charge on any atom is -0.376 e. The fourth-order valence-corrected chi connectivity index (χ4v) is 0.890. The molecule has 0 aliphatic heterocycles. The Kier molecular flexibility index (Phi) is 2.72. The van der Waals surface area contributed by atoms with Crippen molar-refractivity contribution < 1.29 is 13.2 Å². The SMILES string of the molecule is NC(=S)Nc1cc(F)cc(F)c1F. The summed E-state index contributed by atoms with van der Waals surface area (Å²) in [6, 6.07) is 1.19. The van der Waals surface area contributed by atoms with Crippen LogP contribution in [0, 0.1) is 17.5 Å². The zero-order valence-corrected chi connectivity index (χ0v) is 7.09. The van der Waals surface area contributed by atoms with Gasteiger partial charge >= 0.3 is 0 Å². The molecule has 0 bridgehead atoms. The molecule has 2 nitrogen and oxygen atoms in total. The Morgan fingerprint density at radius 2 is 1.92 bits per heavy atom. The van der Waals surface area contributed by atoms with Gasteiger partial charge in [-0.3, -0.25) is 0 Å². The van der Waals surface area contributed by atoms with E-state index in [1.807, 2.05) is 0 Å². The molecule has 0 saturated carbocycles. The molecule has 0 aromatic heterocycles. The van der Waals surface area contributed by atoms with Crippen molar-refractivity contribution in [3.05, 3.63) is 29.6 Å². The minimum absolute atomic E-state index is 0.260. The number of hydrogen-bond donors (Lipinski definition) is 2. The topological polar surface area (TPSA) is 38.0 Å². The molecular weight excluding hydrogens is 201 g/mol. The predicted molar refractivity (Wildman–Crippen MR) is 46.7 cm³/mol. The van der Waals surface area contributed by atoms with Gasteiger partial charge in [-0.2, -0.15) is 0 Å². The fourth-order valence-electron chi connectivity index (χ4n) is 0.780. The first-order valence-corrected chi connectivity index (χ1v) is 3.62. The molecule has 0 amide bonds. The lowest BCUT2D eigenvalue weighted by Crippen LogP contribution is -2.20. The summed E-state index contributed by atoms with van der Waals surface area (Å²) >= 11 is 4.38. The summed E-state index contributed by atoms with van der Waals surface area (Å²) in [7, 11) is 0. The number of hydrogen-bond acceptors (Lipinski definition) is 1. The normalized spacial score (nSPS) is 9.77. The number of halogens is 3. The van der Waals surface area contributed by atoms with Crippen molar-refractivity contribution >= 4 is 23.0 Å². The van der Waals surface area contributed by atoms with Crippen LogP contribution in [0.5, 0.6) is 0 Å². The van der Waals surface area contributed by atoms with Gasteiger partial charge in [-0.05, 0) is 12.2 Å². The molecular formula is C7H5F3N2S. The van der Waals surface area contributed by atoms with Crippen LogP contribution in [0.3, 0.4) is 0 Å². The third-order valence-electron chi connectivity index (χ3n) is 1.25. The summed E-state index contributed by atoms with van der Waals surface area (Å²) in [5, 5.41) is 1.85. The summed E-state index contributed by atoms with van der Waals surface area (Å²) in [4.78, 5) is 0. The molecule has 0 aliphatic carbocycles. The van der Waals surface area contributed by atoms with Crippen molar-refractivity contribution in [2.24, 2.45) is 5.73 Å². The van der Waals surface area contributed by atoms with Crippen molar-refractivity contribution in [3.8, 4) is 0 Å². The predicted octanol–water partition coefficient (Wildman–Crippen LogP) is 1.76. The summed E-state index contributed by atoms with van der Waals surface area (Å²) in [6.07, 6.45) is 0. The van der Waals surface area contributed by atoms with Crippen LogP contribution in [0.25, 0.3) is 0 Å². The maximum atomic E-state index is 12.8. The van der Waals surface area contributed by atoms with E-state index >= 15 is 0 Å². The fraction of sp³-hybridized carbons (Fsp3) is 0. The van der Waals surface area contributed by atoms with Gasteiger partial charge in [0.2, 0.25) is 0 Å². The monoisotopic (exact) mass is 206 g/mol. The molecule has 0 fully saturated rings. The number of nitrogens with two attached hydrogens (primary N) is 1. The smallest absolute Gasteiger partial charge is 0.182 e. The number of nitrogens with one attached hydrogen (secondary N) is 1. The molecule has 6 heteroatoms. The van der Waals surface area contributed by atoms with Crippen molar-refractivity contribution in [1.29, 1.82) is 0 Å². The Morgan fingerprint density at radius 1 is 1.31 bits per heavy atom. The number of rotatable bonds is 1. The van der Waals surface area contributed by atoms with Crippen molar-refractivity contribution in [3.63, 3.8) is 0 Å². The van der Waals surface area contributed by atoms with E-state index in [0.29, 0.717) is 6.07 Å². The quantitative estimate of drug-likeness (QED) is 0.543. The Hall–Kier alpha value is -1.30. The first-order chi connectivity index (χ1) is 6.00. The molecule has 1 aromatic rings. The highest BCUT2D eigenvalue weighted by Gasteiger charge is 2.10. The Morgan fingerprint density at radius 3 is 2.46 bits per heavy atom. The van der Waals surface area contributed by atoms with E-state index in [-0.39, 0.29) is 5.11 Å². The van der Waals surface area contributed by atoms with E-state index in [1.54, 1.807) is 0 Å². The summed E-state index contributed by atoms with van der Waals surface area (Å²) in [5.41, 5.74) is 4.59. The highest BCUT2D eigenvalue weighted by Crippen LogP contribution is 2.18. The van der Waals surface area contributed by atoms with Gasteiger partial charge in [-0.25, -0.2) is 13.2 Å². The molecule has 0 unspecified atom stereocenters. The lowest BCUT2D eigenvalue weighted by atomic mass is 10.3. The van der Waals surface area contributed by atoms with Gasteiger partial charge in [-0.1, -0.05) is 0 Å². The lowest BCUT2D eigenvalue weighted by Gasteiger charge is -2.05. The van der Waals surface area contributed by atoms with Gasteiger partial charge in [0.15, 0.2) is 16.7 Å². The molecule has 0 saturated heterocycles. The van der Waals surface area contributed by atoms with Crippen molar-refractivity contribution in [2.75, 3.05) is 5.32 Å². The molecule has 70 valence electrons. The van der Waals surface area contributed by atoms with Crippen LogP contribution in [-0.2, 0) is 0 Å². The van der Waals surface area contributed by atoms with E-state index < -0.39 is 23.1 Å². The number of thiocarbonyl (C=S) groups is 1. The van der Waals surface area contributed by atoms with Crippen molar-refractivity contribution in [1.82, 2.24) is 0 Å². The van der Waals surface area contributed by atoms with Crippen LogP contribution < -0.4 is 11.1 Å². The maximum Gasteiger partial charge on any atom is 0.182 e. The molecule has 0 spiro atoms. The molecule has 0 radical (unpaired) electrons. The Bertz CT molecular complexity index is 354. The van der Waals surface area contributed by atoms with E-state index in [2.05, 4.69) is 17.5 Å². The average molecular weight is 206 g/mol. The zero-order chi connectivity index (χ0) is 10.0. The van der Waals surface area contributed by atoms with Crippen LogP contribution in [0.2, 0.25) is 0 Å². The number of benzene rings is 1. The summed E-state index contributed by atoms with van der Waals surface area (Å²) < 4.78 is 37.9. The molecule has 0 aliphatic rings. The van der Waals surface area contributed by atoms with E-state index in [4.69, 9.17) is 5.73 Å². The third kappa shape index (κ3) is 2.32. The van der Waals surface area contributed by atoms with Gasteiger partial charge in [0.1, 0.15) is 5.82 Å². The molecule has 3 N–H and O–H groups in total. The molecule has 13 heavy (non-hydrogen) atoms.